The van der Waals surface area contributed by atoms with Gasteiger partial charge in [-0.2, -0.15) is 0 Å². The first-order chi connectivity index (χ1) is 6.50. The molecule has 0 aliphatic heterocycles. The molecule has 0 aliphatic rings. The molecular formula is C8H9ClN2O3. The van der Waals surface area contributed by atoms with Gasteiger partial charge in [-0.25, -0.2) is 9.78 Å². The van der Waals surface area contributed by atoms with Crippen LogP contribution < -0.4 is 5.32 Å². The van der Waals surface area contributed by atoms with E-state index in [1.54, 1.807) is 6.92 Å². The van der Waals surface area contributed by atoms with Crippen LogP contribution in [0.1, 0.15) is 18.6 Å². The smallest absolute Gasteiger partial charge is 0.409 e. The van der Waals surface area contributed by atoms with E-state index in [0.717, 1.165) is 0 Å². The fourth-order valence-electron chi connectivity index (χ4n) is 0.896. The van der Waals surface area contributed by atoms with Crippen molar-refractivity contribution in [3.05, 3.63) is 23.0 Å². The quantitative estimate of drug-likeness (QED) is 0.660. The Kier molecular flexibility index (Phi) is 3.27. The van der Waals surface area contributed by atoms with Crippen molar-refractivity contribution in [2.75, 3.05) is 5.32 Å². The number of hydrogen-bond donors (Lipinski definition) is 3. The Morgan fingerprint density at radius 1 is 1.71 bits per heavy atom. The van der Waals surface area contributed by atoms with Crippen LogP contribution in [0.2, 0.25) is 5.15 Å². The van der Waals surface area contributed by atoms with E-state index in [-0.39, 0.29) is 10.8 Å². The van der Waals surface area contributed by atoms with E-state index >= 15 is 0 Å². The second-order valence-electron chi connectivity index (χ2n) is 2.71. The van der Waals surface area contributed by atoms with Crippen molar-refractivity contribution in [1.29, 1.82) is 0 Å². The number of pyridine rings is 1. The molecule has 5 nitrogen and oxygen atoms in total. The van der Waals surface area contributed by atoms with E-state index in [0.29, 0.717) is 5.56 Å². The molecule has 0 aliphatic carbocycles. The highest BCUT2D eigenvalue weighted by Crippen LogP contribution is 2.23. The third-order valence-corrected chi connectivity index (χ3v) is 1.89. The van der Waals surface area contributed by atoms with Crippen molar-refractivity contribution in [1.82, 2.24) is 4.98 Å². The number of halogens is 1. The van der Waals surface area contributed by atoms with Gasteiger partial charge in [0.1, 0.15) is 0 Å². The number of aliphatic hydroxyl groups excluding tert-OH is 1. The molecule has 1 unspecified atom stereocenters. The van der Waals surface area contributed by atoms with Crippen molar-refractivity contribution in [3.63, 3.8) is 0 Å². The lowest BCUT2D eigenvalue weighted by Crippen LogP contribution is -2.09. The summed E-state index contributed by atoms with van der Waals surface area (Å²) >= 11 is 5.63. The molecule has 1 aromatic heterocycles. The first-order valence-electron chi connectivity index (χ1n) is 3.84. The Labute approximate surface area is 85.3 Å². The maximum atomic E-state index is 10.3. The fraction of sp³-hybridized carbons (Fsp3) is 0.250. The molecule has 0 bridgehead atoms. The molecule has 0 spiro atoms. The molecule has 0 saturated heterocycles. The van der Waals surface area contributed by atoms with Crippen LogP contribution in [0.15, 0.2) is 12.3 Å². The molecule has 6 heteroatoms. The second-order valence-corrected chi connectivity index (χ2v) is 3.07. The minimum atomic E-state index is -1.23. The van der Waals surface area contributed by atoms with Gasteiger partial charge in [0, 0.05) is 11.8 Å². The molecule has 1 amide bonds. The van der Waals surface area contributed by atoms with Gasteiger partial charge in [0.25, 0.3) is 0 Å². The van der Waals surface area contributed by atoms with E-state index in [2.05, 4.69) is 10.3 Å². The van der Waals surface area contributed by atoms with E-state index in [9.17, 15) is 9.90 Å². The number of nitrogens with zero attached hydrogens (tertiary/aromatic N) is 1. The minimum Gasteiger partial charge on any atom is -0.465 e. The highest BCUT2D eigenvalue weighted by Gasteiger charge is 2.08. The van der Waals surface area contributed by atoms with Crippen LogP contribution in [0.3, 0.4) is 0 Å². The van der Waals surface area contributed by atoms with Crippen molar-refractivity contribution < 1.29 is 15.0 Å². The Morgan fingerprint density at radius 3 is 2.86 bits per heavy atom. The van der Waals surface area contributed by atoms with E-state index in [1.165, 1.54) is 12.3 Å². The molecule has 76 valence electrons. The van der Waals surface area contributed by atoms with Crippen molar-refractivity contribution in [2.24, 2.45) is 0 Å². The van der Waals surface area contributed by atoms with Crippen molar-refractivity contribution in [2.45, 2.75) is 13.0 Å². The van der Waals surface area contributed by atoms with Gasteiger partial charge in [0.2, 0.25) is 0 Å². The van der Waals surface area contributed by atoms with Crippen LogP contribution in [0, 0.1) is 0 Å². The molecule has 3 N–H and O–H groups in total. The standard InChI is InChI=1S/C8H9ClN2O3/c1-4(12)5-2-6(11-8(13)14)7(9)10-3-5/h2-4,11-12H,1H3,(H,13,14). The van der Waals surface area contributed by atoms with Gasteiger partial charge in [0.05, 0.1) is 11.8 Å². The summed E-state index contributed by atoms with van der Waals surface area (Å²) < 4.78 is 0. The Bertz CT molecular complexity index is 354. The molecule has 1 atom stereocenters. The lowest BCUT2D eigenvalue weighted by molar-refractivity contribution is 0.198. The molecule has 0 saturated carbocycles. The third kappa shape index (κ3) is 2.58. The summed E-state index contributed by atoms with van der Waals surface area (Å²) in [6.07, 6.45) is -0.550. The van der Waals surface area contributed by atoms with Gasteiger partial charge in [-0.05, 0) is 13.0 Å². The number of aromatic nitrogens is 1. The molecule has 1 rings (SSSR count). The highest BCUT2D eigenvalue weighted by atomic mass is 35.5. The summed E-state index contributed by atoms with van der Waals surface area (Å²) in [6.45, 7) is 1.55. The minimum absolute atomic E-state index is 0.0526. The number of amides is 1. The van der Waals surface area contributed by atoms with E-state index in [4.69, 9.17) is 16.7 Å². The number of nitrogens with one attached hydrogen (secondary N) is 1. The molecular weight excluding hydrogens is 208 g/mol. The maximum Gasteiger partial charge on any atom is 0.409 e. The summed E-state index contributed by atoms with van der Waals surface area (Å²) in [4.78, 5) is 14.1. The lowest BCUT2D eigenvalue weighted by atomic mass is 10.2. The number of rotatable bonds is 2. The summed E-state index contributed by atoms with van der Waals surface area (Å²) in [5.74, 6) is 0. The molecule has 0 fully saturated rings. The zero-order valence-electron chi connectivity index (χ0n) is 7.36. The Hall–Kier alpha value is -1.33. The van der Waals surface area contributed by atoms with Crippen LogP contribution in [-0.2, 0) is 0 Å². The monoisotopic (exact) mass is 216 g/mol. The van der Waals surface area contributed by atoms with Crippen LogP contribution in [0.5, 0.6) is 0 Å². The predicted molar refractivity (Wildman–Crippen MR) is 51.5 cm³/mol. The SMILES string of the molecule is CC(O)c1cnc(Cl)c(NC(=O)O)c1. The molecule has 0 radical (unpaired) electrons. The van der Waals surface area contributed by atoms with Gasteiger partial charge in [0.15, 0.2) is 5.15 Å². The maximum absolute atomic E-state index is 10.3. The van der Waals surface area contributed by atoms with E-state index < -0.39 is 12.2 Å². The third-order valence-electron chi connectivity index (χ3n) is 1.58. The number of aliphatic hydroxyl groups is 1. The lowest BCUT2D eigenvalue weighted by Gasteiger charge is -2.07. The average Bonchev–Trinajstić information content (AvgIpc) is 2.07. The van der Waals surface area contributed by atoms with Gasteiger partial charge < -0.3 is 10.2 Å². The number of carbonyl (C=O) groups is 1. The van der Waals surface area contributed by atoms with E-state index in [1.807, 2.05) is 0 Å². The van der Waals surface area contributed by atoms with Gasteiger partial charge in [-0.1, -0.05) is 11.6 Å². The van der Waals surface area contributed by atoms with Gasteiger partial charge in [-0.15, -0.1) is 0 Å². The topological polar surface area (TPSA) is 82.5 Å². The molecule has 14 heavy (non-hydrogen) atoms. The number of carboxylic acid groups (broad SMARTS) is 1. The molecule has 0 aromatic carbocycles. The summed E-state index contributed by atoms with van der Waals surface area (Å²) in [5, 5.41) is 19.8. The second kappa shape index (κ2) is 4.26. The van der Waals surface area contributed by atoms with Crippen LogP contribution in [0.25, 0.3) is 0 Å². The zero-order valence-corrected chi connectivity index (χ0v) is 8.12. The van der Waals surface area contributed by atoms with Crippen molar-refractivity contribution >= 4 is 23.4 Å². The first-order valence-corrected chi connectivity index (χ1v) is 4.22. The van der Waals surface area contributed by atoms with Crippen LogP contribution in [0.4, 0.5) is 10.5 Å². The summed E-state index contributed by atoms with van der Waals surface area (Å²) in [5.41, 5.74) is 0.663. The summed E-state index contributed by atoms with van der Waals surface area (Å²) in [6, 6.07) is 1.44. The highest BCUT2D eigenvalue weighted by molar-refractivity contribution is 6.32. The first kappa shape index (κ1) is 10.7. The Balaban J connectivity index is 3.02. The van der Waals surface area contributed by atoms with Gasteiger partial charge >= 0.3 is 6.09 Å². The van der Waals surface area contributed by atoms with Crippen molar-refractivity contribution in [3.8, 4) is 0 Å². The normalized spacial score (nSPS) is 12.2. The van der Waals surface area contributed by atoms with Crippen LogP contribution >= 0.6 is 11.6 Å². The number of anilines is 1. The predicted octanol–water partition coefficient (Wildman–Crippen LogP) is 1.88. The Morgan fingerprint density at radius 2 is 2.36 bits per heavy atom. The number of hydrogen-bond acceptors (Lipinski definition) is 3. The average molecular weight is 217 g/mol. The molecule has 1 heterocycles. The van der Waals surface area contributed by atoms with Gasteiger partial charge in [-0.3, -0.25) is 5.32 Å². The fourth-order valence-corrected chi connectivity index (χ4v) is 1.05. The van der Waals surface area contributed by atoms with Crippen LogP contribution in [-0.4, -0.2) is 21.3 Å². The zero-order chi connectivity index (χ0) is 10.7. The summed E-state index contributed by atoms with van der Waals surface area (Å²) in [7, 11) is 0. The molecule has 1 aromatic rings. The largest absolute Gasteiger partial charge is 0.465 e.